The van der Waals surface area contributed by atoms with E-state index in [4.69, 9.17) is 5.73 Å². The highest BCUT2D eigenvalue weighted by atomic mass is 14.5. The van der Waals surface area contributed by atoms with Crippen LogP contribution in [0.5, 0.6) is 0 Å². The van der Waals surface area contributed by atoms with E-state index in [0.29, 0.717) is 5.41 Å². The first-order valence-electron chi connectivity index (χ1n) is 5.85. The molecule has 0 radical (unpaired) electrons. The standard InChI is InChI=1S/C14H23N/c1-4-12-5-7-13(8-6-12)11-14(2,3)9-10-15/h5-8H,4,9-11,15H2,1-3H3. The second-order valence-corrected chi connectivity index (χ2v) is 5.05. The van der Waals surface area contributed by atoms with E-state index in [-0.39, 0.29) is 0 Å². The lowest BCUT2D eigenvalue weighted by atomic mass is 9.82. The molecule has 0 fully saturated rings. The minimum absolute atomic E-state index is 0.322. The van der Waals surface area contributed by atoms with Crippen LogP contribution in [0.4, 0.5) is 0 Å². The minimum Gasteiger partial charge on any atom is -0.330 e. The SMILES string of the molecule is CCc1ccc(CC(C)(C)CCN)cc1. The summed E-state index contributed by atoms with van der Waals surface area (Å²) < 4.78 is 0. The maximum atomic E-state index is 5.61. The fraction of sp³-hybridized carbons (Fsp3) is 0.571. The Balaban J connectivity index is 2.64. The van der Waals surface area contributed by atoms with Crippen molar-refractivity contribution in [2.75, 3.05) is 6.54 Å². The van der Waals surface area contributed by atoms with Crippen LogP contribution in [0.25, 0.3) is 0 Å². The van der Waals surface area contributed by atoms with Crippen LogP contribution in [0.3, 0.4) is 0 Å². The van der Waals surface area contributed by atoms with Gasteiger partial charge in [0.2, 0.25) is 0 Å². The van der Waals surface area contributed by atoms with Crippen molar-refractivity contribution < 1.29 is 0 Å². The molecular weight excluding hydrogens is 182 g/mol. The lowest BCUT2D eigenvalue weighted by molar-refractivity contribution is 0.339. The van der Waals surface area contributed by atoms with Crippen LogP contribution >= 0.6 is 0 Å². The van der Waals surface area contributed by atoms with Gasteiger partial charge in [-0.1, -0.05) is 45.0 Å². The highest BCUT2D eigenvalue weighted by molar-refractivity contribution is 5.23. The molecule has 1 nitrogen and oxygen atoms in total. The van der Waals surface area contributed by atoms with Gasteiger partial charge in [0, 0.05) is 0 Å². The van der Waals surface area contributed by atoms with E-state index in [1.165, 1.54) is 11.1 Å². The lowest BCUT2D eigenvalue weighted by Crippen LogP contribution is -2.19. The molecule has 1 aromatic carbocycles. The zero-order valence-electron chi connectivity index (χ0n) is 10.2. The van der Waals surface area contributed by atoms with Gasteiger partial charge >= 0.3 is 0 Å². The second kappa shape index (κ2) is 5.32. The molecule has 2 N–H and O–H groups in total. The van der Waals surface area contributed by atoms with Gasteiger partial charge < -0.3 is 5.73 Å². The van der Waals surface area contributed by atoms with Crippen LogP contribution in [0, 0.1) is 5.41 Å². The Morgan fingerprint density at radius 1 is 1.07 bits per heavy atom. The highest BCUT2D eigenvalue weighted by Gasteiger charge is 2.16. The van der Waals surface area contributed by atoms with Gasteiger partial charge in [-0.25, -0.2) is 0 Å². The predicted molar refractivity (Wildman–Crippen MR) is 67.0 cm³/mol. The summed E-state index contributed by atoms with van der Waals surface area (Å²) in [4.78, 5) is 0. The number of nitrogens with two attached hydrogens (primary N) is 1. The molecule has 1 aromatic rings. The van der Waals surface area contributed by atoms with Crippen molar-refractivity contribution in [3.63, 3.8) is 0 Å². The van der Waals surface area contributed by atoms with Crippen LogP contribution in [0.2, 0.25) is 0 Å². The molecule has 0 saturated carbocycles. The van der Waals surface area contributed by atoms with Crippen molar-refractivity contribution in [1.82, 2.24) is 0 Å². The summed E-state index contributed by atoms with van der Waals surface area (Å²) in [7, 11) is 0. The second-order valence-electron chi connectivity index (χ2n) is 5.05. The summed E-state index contributed by atoms with van der Waals surface area (Å²) in [5.74, 6) is 0. The molecule has 0 saturated heterocycles. The van der Waals surface area contributed by atoms with Gasteiger partial charge in [0.25, 0.3) is 0 Å². The molecule has 1 heteroatoms. The third-order valence-electron chi connectivity index (χ3n) is 2.94. The Labute approximate surface area is 93.7 Å². The molecule has 0 aliphatic heterocycles. The Morgan fingerprint density at radius 2 is 1.60 bits per heavy atom. The number of aryl methyl sites for hydroxylation is 1. The summed E-state index contributed by atoms with van der Waals surface area (Å²) in [6, 6.07) is 8.95. The first-order valence-corrected chi connectivity index (χ1v) is 5.85. The van der Waals surface area contributed by atoms with Crippen molar-refractivity contribution in [3.8, 4) is 0 Å². The van der Waals surface area contributed by atoms with Crippen LogP contribution in [-0.2, 0) is 12.8 Å². The van der Waals surface area contributed by atoms with Crippen molar-refractivity contribution in [3.05, 3.63) is 35.4 Å². The summed E-state index contributed by atoms with van der Waals surface area (Å²) in [5.41, 5.74) is 8.77. The third-order valence-corrected chi connectivity index (χ3v) is 2.94. The molecule has 15 heavy (non-hydrogen) atoms. The van der Waals surface area contributed by atoms with E-state index >= 15 is 0 Å². The quantitative estimate of drug-likeness (QED) is 0.785. The molecule has 0 aliphatic carbocycles. The molecule has 0 unspecified atom stereocenters. The fourth-order valence-electron chi connectivity index (χ4n) is 1.92. The van der Waals surface area contributed by atoms with Gasteiger partial charge in [0.15, 0.2) is 0 Å². The zero-order valence-corrected chi connectivity index (χ0v) is 10.2. The Hall–Kier alpha value is -0.820. The number of hydrogen-bond acceptors (Lipinski definition) is 1. The van der Waals surface area contributed by atoms with Gasteiger partial charge in [-0.05, 0) is 42.3 Å². The maximum absolute atomic E-state index is 5.61. The average molecular weight is 205 g/mol. The first kappa shape index (κ1) is 12.3. The molecular formula is C14H23N. The van der Waals surface area contributed by atoms with Crippen molar-refractivity contribution >= 4 is 0 Å². The van der Waals surface area contributed by atoms with E-state index in [1.807, 2.05) is 0 Å². The first-order chi connectivity index (χ1) is 7.07. The van der Waals surface area contributed by atoms with Crippen molar-refractivity contribution in [1.29, 1.82) is 0 Å². The minimum atomic E-state index is 0.322. The normalized spacial score (nSPS) is 11.7. The van der Waals surface area contributed by atoms with Gasteiger partial charge in [-0.2, -0.15) is 0 Å². The topological polar surface area (TPSA) is 26.0 Å². The average Bonchev–Trinajstić information content (AvgIpc) is 2.18. The van der Waals surface area contributed by atoms with E-state index in [0.717, 1.165) is 25.8 Å². The van der Waals surface area contributed by atoms with Gasteiger partial charge in [0.05, 0.1) is 0 Å². The van der Waals surface area contributed by atoms with Crippen LogP contribution in [-0.4, -0.2) is 6.54 Å². The third kappa shape index (κ3) is 4.05. The molecule has 0 aromatic heterocycles. The summed E-state index contributed by atoms with van der Waals surface area (Å²) >= 11 is 0. The Morgan fingerprint density at radius 3 is 2.07 bits per heavy atom. The molecule has 0 heterocycles. The molecule has 0 atom stereocenters. The molecule has 1 rings (SSSR count). The number of benzene rings is 1. The van der Waals surface area contributed by atoms with Crippen LogP contribution < -0.4 is 5.73 Å². The molecule has 84 valence electrons. The maximum Gasteiger partial charge on any atom is -0.00721 e. The van der Waals surface area contributed by atoms with Crippen molar-refractivity contribution in [2.24, 2.45) is 11.1 Å². The molecule has 0 amide bonds. The van der Waals surface area contributed by atoms with Gasteiger partial charge in [-0.15, -0.1) is 0 Å². The molecule has 0 spiro atoms. The molecule has 0 bridgehead atoms. The van der Waals surface area contributed by atoms with Gasteiger partial charge in [0.1, 0.15) is 0 Å². The lowest BCUT2D eigenvalue weighted by Gasteiger charge is -2.23. The predicted octanol–water partition coefficient (Wildman–Crippen LogP) is 3.17. The van der Waals surface area contributed by atoms with Crippen molar-refractivity contribution in [2.45, 2.75) is 40.0 Å². The monoisotopic (exact) mass is 205 g/mol. The van der Waals surface area contributed by atoms with E-state index < -0.39 is 0 Å². The summed E-state index contributed by atoms with van der Waals surface area (Å²) in [6.45, 7) is 7.54. The van der Waals surface area contributed by atoms with E-state index in [9.17, 15) is 0 Å². The summed E-state index contributed by atoms with van der Waals surface area (Å²) in [5, 5.41) is 0. The van der Waals surface area contributed by atoms with Crippen LogP contribution in [0.1, 0.15) is 38.3 Å². The van der Waals surface area contributed by atoms with Crippen LogP contribution in [0.15, 0.2) is 24.3 Å². The number of rotatable bonds is 5. The smallest absolute Gasteiger partial charge is 0.00721 e. The van der Waals surface area contributed by atoms with E-state index in [2.05, 4.69) is 45.0 Å². The molecule has 0 aliphatic rings. The van der Waals surface area contributed by atoms with Gasteiger partial charge in [-0.3, -0.25) is 0 Å². The zero-order chi connectivity index (χ0) is 11.3. The highest BCUT2D eigenvalue weighted by Crippen LogP contribution is 2.25. The summed E-state index contributed by atoms with van der Waals surface area (Å²) in [6.07, 6.45) is 3.32. The van der Waals surface area contributed by atoms with E-state index in [1.54, 1.807) is 0 Å². The number of hydrogen-bond donors (Lipinski definition) is 1. The fourth-order valence-corrected chi connectivity index (χ4v) is 1.92. The Kier molecular flexibility index (Phi) is 4.34. The largest absolute Gasteiger partial charge is 0.330 e. The Bertz CT molecular complexity index is 285.